The first-order valence-electron chi connectivity index (χ1n) is 17.3. The molecule has 0 bridgehead atoms. The Hall–Kier alpha value is -3.93. The number of nitrogens with zero attached hydrogens (tertiary/aromatic N) is 1. The van der Waals surface area contributed by atoms with Crippen molar-refractivity contribution in [1.29, 1.82) is 0 Å². The Kier molecular flexibility index (Phi) is 16.1. The van der Waals surface area contributed by atoms with Crippen molar-refractivity contribution in [1.82, 2.24) is 14.9 Å². The van der Waals surface area contributed by atoms with Crippen molar-refractivity contribution in [2.75, 3.05) is 25.4 Å². The molecule has 0 heterocycles. The van der Waals surface area contributed by atoms with E-state index in [-0.39, 0.29) is 29.9 Å². The molecule has 5 N–H and O–H groups in total. The lowest BCUT2D eigenvalue weighted by atomic mass is 9.84. The third-order valence-electron chi connectivity index (χ3n) is 8.50. The molecule has 0 spiro atoms. The number of amides is 2. The summed E-state index contributed by atoms with van der Waals surface area (Å²) < 4.78 is 34.4. The smallest absolute Gasteiger partial charge is 0.407 e. The number of ether oxygens (including phenoxy) is 1. The quantitative estimate of drug-likeness (QED) is 0.0828. The minimum absolute atomic E-state index is 0.126. The number of aliphatic hydroxyl groups is 1. The molecule has 0 aliphatic rings. The highest BCUT2D eigenvalue weighted by molar-refractivity contribution is 7.89. The number of aliphatic hydroxyl groups excluding tert-OH is 1. The molecule has 3 atom stereocenters. The topological polar surface area (TPSA) is 151 Å². The molecule has 2 unspecified atom stereocenters. The van der Waals surface area contributed by atoms with E-state index < -0.39 is 40.2 Å². The van der Waals surface area contributed by atoms with Gasteiger partial charge < -0.3 is 26.2 Å². The lowest BCUT2D eigenvalue weighted by Gasteiger charge is -2.33. The van der Waals surface area contributed by atoms with Crippen LogP contribution in [0.25, 0.3) is 0 Å². The number of nitrogens with one attached hydrogen (secondary N) is 2. The second-order valence-corrected chi connectivity index (χ2v) is 14.8. The molecule has 3 aromatic rings. The largest absolute Gasteiger partial charge is 0.450 e. The van der Waals surface area contributed by atoms with Gasteiger partial charge in [-0.05, 0) is 73.9 Å². The molecule has 0 aliphatic carbocycles. The van der Waals surface area contributed by atoms with E-state index in [2.05, 4.69) is 10.6 Å². The molecule has 10 nitrogen and oxygen atoms in total. The van der Waals surface area contributed by atoms with E-state index in [0.717, 1.165) is 17.5 Å². The van der Waals surface area contributed by atoms with Crippen LogP contribution in [0.3, 0.4) is 0 Å². The fourth-order valence-corrected chi connectivity index (χ4v) is 7.46. The molecule has 3 rings (SSSR count). The van der Waals surface area contributed by atoms with E-state index >= 15 is 0 Å². The number of anilines is 1. The summed E-state index contributed by atoms with van der Waals surface area (Å²) in [5, 5.41) is 16.6. The van der Waals surface area contributed by atoms with Crippen molar-refractivity contribution < 1.29 is 27.9 Å². The van der Waals surface area contributed by atoms with Gasteiger partial charge in [-0.3, -0.25) is 4.79 Å². The molecule has 0 saturated carbocycles. The molecule has 0 saturated heterocycles. The summed E-state index contributed by atoms with van der Waals surface area (Å²) in [5.41, 5.74) is 8.00. The number of sulfonamides is 1. The maximum atomic E-state index is 13.9. The van der Waals surface area contributed by atoms with Crippen molar-refractivity contribution in [2.24, 2.45) is 5.92 Å². The van der Waals surface area contributed by atoms with Gasteiger partial charge in [0.2, 0.25) is 15.9 Å². The lowest BCUT2D eigenvalue weighted by Crippen LogP contribution is -2.50. The van der Waals surface area contributed by atoms with Gasteiger partial charge in [0.15, 0.2) is 0 Å². The molecule has 3 aromatic carbocycles. The third kappa shape index (κ3) is 12.2. The van der Waals surface area contributed by atoms with Crippen LogP contribution in [-0.2, 0) is 19.6 Å². The number of rotatable bonds is 20. The van der Waals surface area contributed by atoms with Crippen molar-refractivity contribution in [3.8, 4) is 0 Å². The van der Waals surface area contributed by atoms with Crippen molar-refractivity contribution in [3.63, 3.8) is 0 Å². The summed E-state index contributed by atoms with van der Waals surface area (Å²) in [6.45, 7) is 8.48. The number of hydrogen-bond acceptors (Lipinski definition) is 7. The van der Waals surface area contributed by atoms with Crippen LogP contribution in [0.2, 0.25) is 0 Å². The van der Waals surface area contributed by atoms with Crippen LogP contribution >= 0.6 is 0 Å². The highest BCUT2D eigenvalue weighted by Gasteiger charge is 2.35. The molecule has 0 fully saturated rings. The average molecular weight is 695 g/mol. The number of alkyl carbamates (subject to hydrolysis) is 1. The monoisotopic (exact) mass is 694 g/mol. The first-order chi connectivity index (χ1) is 23.4. The Morgan fingerprint density at radius 2 is 1.45 bits per heavy atom. The van der Waals surface area contributed by atoms with Crippen molar-refractivity contribution in [3.05, 3.63) is 96.1 Å². The van der Waals surface area contributed by atoms with Gasteiger partial charge >= 0.3 is 6.09 Å². The molecule has 0 aromatic heterocycles. The molecular formula is C38H54N4O6S. The van der Waals surface area contributed by atoms with E-state index in [4.69, 9.17) is 10.5 Å². The van der Waals surface area contributed by atoms with E-state index in [9.17, 15) is 23.1 Å². The Balaban J connectivity index is 1.75. The minimum Gasteiger partial charge on any atom is -0.450 e. The Morgan fingerprint density at radius 1 is 0.857 bits per heavy atom. The summed E-state index contributed by atoms with van der Waals surface area (Å²) in [6, 6.07) is 23.6. The number of unbranched alkanes of at least 4 members (excludes halogenated alkanes) is 2. The van der Waals surface area contributed by atoms with Crippen LogP contribution in [0.15, 0.2) is 89.8 Å². The number of nitrogen functional groups attached to an aromatic ring is 1. The highest BCUT2D eigenvalue weighted by Crippen LogP contribution is 2.29. The molecule has 49 heavy (non-hydrogen) atoms. The van der Waals surface area contributed by atoms with E-state index in [0.29, 0.717) is 44.3 Å². The molecule has 2 amide bonds. The van der Waals surface area contributed by atoms with Crippen molar-refractivity contribution in [2.45, 2.75) is 95.2 Å². The SMILES string of the molecule is CCCCOC(=O)N[C@H](C(=O)NCCCCC(C(C)O)N(CCC(C)C)S(=O)(=O)c1ccc(N)cc1)C(c1ccccc1)c1ccccc1. The number of hydrogen-bond donors (Lipinski definition) is 4. The zero-order valence-electron chi connectivity index (χ0n) is 29.3. The molecule has 0 radical (unpaired) electrons. The van der Waals surface area contributed by atoms with Crippen LogP contribution in [0.1, 0.15) is 83.3 Å². The number of benzene rings is 3. The summed E-state index contributed by atoms with van der Waals surface area (Å²) in [4.78, 5) is 26.9. The normalized spacial score (nSPS) is 13.6. The maximum absolute atomic E-state index is 13.9. The first kappa shape index (κ1) is 39.5. The van der Waals surface area contributed by atoms with Gasteiger partial charge in [-0.1, -0.05) is 94.3 Å². The number of carbonyl (C=O) groups excluding carboxylic acids is 2. The zero-order valence-corrected chi connectivity index (χ0v) is 30.1. The summed E-state index contributed by atoms with van der Waals surface area (Å²) in [7, 11) is -3.91. The van der Waals surface area contributed by atoms with Gasteiger partial charge in [0.05, 0.1) is 23.6 Å². The van der Waals surface area contributed by atoms with Gasteiger partial charge in [-0.2, -0.15) is 4.31 Å². The predicted octanol–water partition coefficient (Wildman–Crippen LogP) is 6.07. The fourth-order valence-electron chi connectivity index (χ4n) is 5.73. The van der Waals surface area contributed by atoms with Crippen molar-refractivity contribution >= 4 is 27.7 Å². The second-order valence-electron chi connectivity index (χ2n) is 12.9. The van der Waals surface area contributed by atoms with Crippen LogP contribution in [0, 0.1) is 5.92 Å². The fraction of sp³-hybridized carbons (Fsp3) is 0.474. The second kappa shape index (κ2) is 19.9. The Bertz CT molecular complexity index is 1480. The predicted molar refractivity (Wildman–Crippen MR) is 194 cm³/mol. The lowest BCUT2D eigenvalue weighted by molar-refractivity contribution is -0.123. The Labute approximate surface area is 292 Å². The van der Waals surface area contributed by atoms with E-state index in [1.807, 2.05) is 81.4 Å². The molecule has 268 valence electrons. The zero-order chi connectivity index (χ0) is 35.8. The number of carbonyl (C=O) groups is 2. The minimum atomic E-state index is -3.91. The van der Waals surface area contributed by atoms with E-state index in [1.54, 1.807) is 19.1 Å². The van der Waals surface area contributed by atoms with Gasteiger partial charge in [0, 0.05) is 24.7 Å². The molecule has 11 heteroatoms. The summed E-state index contributed by atoms with van der Waals surface area (Å²) >= 11 is 0. The summed E-state index contributed by atoms with van der Waals surface area (Å²) in [5.74, 6) is -0.578. The average Bonchev–Trinajstić information content (AvgIpc) is 3.08. The number of nitrogens with two attached hydrogens (primary N) is 1. The Morgan fingerprint density at radius 3 is 1.98 bits per heavy atom. The summed E-state index contributed by atoms with van der Waals surface area (Å²) in [6.07, 6.45) is 2.10. The highest BCUT2D eigenvalue weighted by atomic mass is 32.2. The van der Waals surface area contributed by atoms with Crippen LogP contribution in [-0.4, -0.2) is 67.7 Å². The first-order valence-corrected chi connectivity index (χ1v) is 18.8. The van der Waals surface area contributed by atoms with Crippen LogP contribution in [0.4, 0.5) is 10.5 Å². The van der Waals surface area contributed by atoms with Gasteiger partial charge in [0.25, 0.3) is 0 Å². The maximum Gasteiger partial charge on any atom is 0.407 e. The van der Waals surface area contributed by atoms with E-state index in [1.165, 1.54) is 16.4 Å². The molecular weight excluding hydrogens is 641 g/mol. The van der Waals surface area contributed by atoms with Crippen LogP contribution < -0.4 is 16.4 Å². The standard InChI is InChI=1S/C38H54N4O6S/c1-5-6-27-48-38(45)41-36(35(30-15-9-7-10-16-30)31-17-11-8-12-18-31)37(44)40-25-14-13-19-34(29(4)43)42(26-24-28(2)3)49(46,47)33-22-20-32(39)21-23-33/h7-12,15-18,20-23,28-29,34-36,43H,5-6,13-14,19,24-27,39H2,1-4H3,(H,40,44)(H,41,45)/t29?,34?,36-/m0/s1. The third-order valence-corrected chi connectivity index (χ3v) is 10.4. The van der Waals surface area contributed by atoms with Gasteiger partial charge in [0.1, 0.15) is 6.04 Å². The van der Waals surface area contributed by atoms with Gasteiger partial charge in [-0.15, -0.1) is 0 Å². The van der Waals surface area contributed by atoms with Gasteiger partial charge in [-0.25, -0.2) is 13.2 Å². The molecule has 0 aliphatic heterocycles. The van der Waals surface area contributed by atoms with Crippen LogP contribution in [0.5, 0.6) is 0 Å².